The van der Waals surface area contributed by atoms with Gasteiger partial charge in [0.15, 0.2) is 0 Å². The summed E-state index contributed by atoms with van der Waals surface area (Å²) in [6.07, 6.45) is 8.36. The summed E-state index contributed by atoms with van der Waals surface area (Å²) in [7, 11) is 0. The van der Waals surface area contributed by atoms with Crippen molar-refractivity contribution in [2.75, 3.05) is 32.7 Å². The van der Waals surface area contributed by atoms with E-state index in [1.54, 1.807) is 0 Å². The fourth-order valence-electron chi connectivity index (χ4n) is 5.01. The van der Waals surface area contributed by atoms with Crippen molar-refractivity contribution in [1.82, 2.24) is 14.8 Å². The number of pyridine rings is 1. The van der Waals surface area contributed by atoms with Gasteiger partial charge in [-0.3, -0.25) is 19.5 Å². The predicted octanol–water partition coefficient (Wildman–Crippen LogP) is 2.46. The van der Waals surface area contributed by atoms with Gasteiger partial charge in [0, 0.05) is 36.3 Å². The Labute approximate surface area is 166 Å². The van der Waals surface area contributed by atoms with Gasteiger partial charge in [-0.1, -0.05) is 6.07 Å². The highest BCUT2D eigenvalue weighted by molar-refractivity contribution is 5.79. The van der Waals surface area contributed by atoms with Crippen LogP contribution in [0, 0.1) is 5.92 Å². The first kappa shape index (κ1) is 19.4. The topological polar surface area (TPSA) is 73.7 Å². The van der Waals surface area contributed by atoms with Crippen molar-refractivity contribution < 1.29 is 14.7 Å². The van der Waals surface area contributed by atoms with Gasteiger partial charge in [-0.2, -0.15) is 0 Å². The van der Waals surface area contributed by atoms with E-state index in [4.69, 9.17) is 10.1 Å². The highest BCUT2D eigenvalue weighted by Crippen LogP contribution is 2.30. The van der Waals surface area contributed by atoms with Crippen LogP contribution in [-0.2, 0) is 22.4 Å². The van der Waals surface area contributed by atoms with E-state index >= 15 is 0 Å². The van der Waals surface area contributed by atoms with Crippen LogP contribution in [0.1, 0.15) is 61.4 Å². The molecule has 3 aliphatic rings. The maximum Gasteiger partial charge on any atom is 0.317 e. The molecule has 1 N–H and O–H groups in total. The fourth-order valence-corrected chi connectivity index (χ4v) is 5.01. The third-order valence-electron chi connectivity index (χ3n) is 6.72. The molecule has 3 heterocycles. The molecule has 2 saturated heterocycles. The minimum Gasteiger partial charge on any atom is -0.480 e. The SMILES string of the molecule is O=C(O)CN1CCC(C(=O)N2CCC(c3ccc4c(n3)CCCC4)CC2)CC1. The van der Waals surface area contributed by atoms with Crippen molar-refractivity contribution in [1.29, 1.82) is 0 Å². The molecule has 0 bridgehead atoms. The van der Waals surface area contributed by atoms with Gasteiger partial charge in [-0.15, -0.1) is 0 Å². The number of nitrogens with zero attached hydrogens (tertiary/aromatic N) is 3. The van der Waals surface area contributed by atoms with Crippen molar-refractivity contribution in [2.45, 2.75) is 57.3 Å². The lowest BCUT2D eigenvalue weighted by atomic mass is 9.89. The number of aryl methyl sites for hydroxylation is 2. The Morgan fingerprint density at radius 3 is 2.43 bits per heavy atom. The second-order valence-electron chi connectivity index (χ2n) is 8.59. The molecule has 1 aliphatic carbocycles. The van der Waals surface area contributed by atoms with Crippen molar-refractivity contribution in [2.24, 2.45) is 5.92 Å². The number of likely N-dealkylation sites (tertiary alicyclic amines) is 2. The smallest absolute Gasteiger partial charge is 0.317 e. The Balaban J connectivity index is 1.28. The number of amides is 1. The van der Waals surface area contributed by atoms with Crippen LogP contribution in [-0.4, -0.2) is 64.5 Å². The number of hydrogen-bond acceptors (Lipinski definition) is 4. The van der Waals surface area contributed by atoms with Crippen LogP contribution in [0.15, 0.2) is 12.1 Å². The molecule has 6 nitrogen and oxygen atoms in total. The maximum atomic E-state index is 12.9. The Hall–Kier alpha value is -1.95. The molecule has 0 aromatic carbocycles. The molecule has 0 spiro atoms. The summed E-state index contributed by atoms with van der Waals surface area (Å²) in [6, 6.07) is 4.49. The number of carbonyl (C=O) groups is 2. The average molecular weight is 386 g/mol. The van der Waals surface area contributed by atoms with E-state index in [0.29, 0.717) is 19.0 Å². The Morgan fingerprint density at radius 1 is 1.00 bits per heavy atom. The molecule has 0 radical (unpaired) electrons. The van der Waals surface area contributed by atoms with E-state index in [0.717, 1.165) is 45.2 Å². The summed E-state index contributed by atoms with van der Waals surface area (Å²) < 4.78 is 0. The number of carboxylic acids is 1. The van der Waals surface area contributed by atoms with Gasteiger partial charge in [-0.25, -0.2) is 0 Å². The highest BCUT2D eigenvalue weighted by atomic mass is 16.4. The fraction of sp³-hybridized carbons (Fsp3) is 0.682. The lowest BCUT2D eigenvalue weighted by Crippen LogP contribution is -2.46. The molecule has 152 valence electrons. The number of aromatic nitrogens is 1. The predicted molar refractivity (Wildman–Crippen MR) is 106 cm³/mol. The molecular weight excluding hydrogens is 354 g/mol. The molecule has 2 fully saturated rings. The number of aliphatic carboxylic acids is 1. The second kappa shape index (κ2) is 8.60. The largest absolute Gasteiger partial charge is 0.480 e. The van der Waals surface area contributed by atoms with Crippen LogP contribution in [0.2, 0.25) is 0 Å². The summed E-state index contributed by atoms with van der Waals surface area (Å²) in [5, 5.41) is 8.91. The van der Waals surface area contributed by atoms with Crippen LogP contribution in [0.3, 0.4) is 0 Å². The van der Waals surface area contributed by atoms with Crippen LogP contribution >= 0.6 is 0 Å². The van der Waals surface area contributed by atoms with Gasteiger partial charge in [0.25, 0.3) is 0 Å². The van der Waals surface area contributed by atoms with Gasteiger partial charge < -0.3 is 10.0 Å². The van der Waals surface area contributed by atoms with E-state index in [2.05, 4.69) is 12.1 Å². The Morgan fingerprint density at radius 2 is 1.71 bits per heavy atom. The first-order valence-corrected chi connectivity index (χ1v) is 10.8. The van der Waals surface area contributed by atoms with Crippen LogP contribution < -0.4 is 0 Å². The van der Waals surface area contributed by atoms with E-state index < -0.39 is 5.97 Å². The van der Waals surface area contributed by atoms with Crippen LogP contribution in [0.5, 0.6) is 0 Å². The number of piperidine rings is 2. The first-order chi connectivity index (χ1) is 13.6. The third kappa shape index (κ3) is 4.37. The molecule has 1 amide bonds. The zero-order chi connectivity index (χ0) is 19.5. The van der Waals surface area contributed by atoms with E-state index in [1.807, 2.05) is 9.80 Å². The highest BCUT2D eigenvalue weighted by Gasteiger charge is 2.32. The zero-order valence-electron chi connectivity index (χ0n) is 16.6. The Bertz CT molecular complexity index is 720. The van der Waals surface area contributed by atoms with Crippen molar-refractivity contribution >= 4 is 11.9 Å². The van der Waals surface area contributed by atoms with Gasteiger partial charge in [0.1, 0.15) is 0 Å². The van der Waals surface area contributed by atoms with Gasteiger partial charge >= 0.3 is 5.97 Å². The molecule has 0 saturated carbocycles. The minimum atomic E-state index is -0.789. The summed E-state index contributed by atoms with van der Waals surface area (Å²) >= 11 is 0. The maximum absolute atomic E-state index is 12.9. The number of fused-ring (bicyclic) bond motifs is 1. The van der Waals surface area contributed by atoms with Gasteiger partial charge in [-0.05, 0) is 76.1 Å². The minimum absolute atomic E-state index is 0.0588. The molecule has 0 unspecified atom stereocenters. The van der Waals surface area contributed by atoms with E-state index in [9.17, 15) is 9.59 Å². The summed E-state index contributed by atoms with van der Waals surface area (Å²) in [5.74, 6) is 0.00613. The molecule has 1 aromatic heterocycles. The molecule has 1 aromatic rings. The number of rotatable bonds is 4. The molecule has 0 atom stereocenters. The summed E-state index contributed by atoms with van der Waals surface area (Å²) in [5.41, 5.74) is 3.95. The lowest BCUT2D eigenvalue weighted by Gasteiger charge is -2.37. The number of carbonyl (C=O) groups excluding carboxylic acids is 1. The van der Waals surface area contributed by atoms with Crippen LogP contribution in [0.25, 0.3) is 0 Å². The molecular formula is C22H31N3O3. The molecule has 2 aliphatic heterocycles. The van der Waals surface area contributed by atoms with E-state index in [1.165, 1.54) is 36.2 Å². The van der Waals surface area contributed by atoms with Gasteiger partial charge in [0.05, 0.1) is 6.54 Å². The van der Waals surface area contributed by atoms with E-state index in [-0.39, 0.29) is 18.4 Å². The first-order valence-electron chi connectivity index (χ1n) is 10.8. The van der Waals surface area contributed by atoms with Crippen LogP contribution in [0.4, 0.5) is 0 Å². The molecule has 4 rings (SSSR count). The number of carboxylic acid groups (broad SMARTS) is 1. The summed E-state index contributed by atoms with van der Waals surface area (Å²) in [4.78, 5) is 32.7. The number of hydrogen-bond donors (Lipinski definition) is 1. The third-order valence-corrected chi connectivity index (χ3v) is 6.72. The lowest BCUT2D eigenvalue weighted by molar-refractivity contribution is -0.140. The summed E-state index contributed by atoms with van der Waals surface area (Å²) in [6.45, 7) is 3.13. The normalized spacial score (nSPS) is 22.1. The quantitative estimate of drug-likeness (QED) is 0.862. The monoisotopic (exact) mass is 385 g/mol. The van der Waals surface area contributed by atoms with Crippen molar-refractivity contribution in [3.05, 3.63) is 29.1 Å². The average Bonchev–Trinajstić information content (AvgIpc) is 2.73. The Kier molecular flexibility index (Phi) is 5.95. The zero-order valence-corrected chi connectivity index (χ0v) is 16.6. The van der Waals surface area contributed by atoms with Gasteiger partial charge in [0.2, 0.25) is 5.91 Å². The molecule has 28 heavy (non-hydrogen) atoms. The van der Waals surface area contributed by atoms with Crippen molar-refractivity contribution in [3.8, 4) is 0 Å². The molecule has 6 heteroatoms. The standard InChI is InChI=1S/C22H31N3O3/c26-21(27)15-24-11-7-18(8-12-24)22(28)25-13-9-17(10-14-25)20-6-5-16-3-1-2-4-19(16)23-20/h5-6,17-18H,1-4,7-15H2,(H,26,27). The van der Waals surface area contributed by atoms with Crippen molar-refractivity contribution in [3.63, 3.8) is 0 Å². The second-order valence-corrected chi connectivity index (χ2v) is 8.59.